The first-order valence-corrected chi connectivity index (χ1v) is 6.65. The van der Waals surface area contributed by atoms with Gasteiger partial charge in [-0.3, -0.25) is 19.8 Å². The number of phenolic OH excluding ortho intramolecular Hbond substituents is 1. The number of nitro benzene ring substituents is 1. The smallest absolute Gasteiger partial charge is 0.270 e. The number of rotatable bonds is 5. The van der Waals surface area contributed by atoms with Crippen LogP contribution in [0.25, 0.3) is 0 Å². The molecule has 1 aromatic rings. The summed E-state index contributed by atoms with van der Waals surface area (Å²) >= 11 is 0. The standard InChI is InChI=1S/C13H16N4O5/c18-12-2-1-11(17(20)21)7-10(12)8-14-15-13(19)9-16-3-5-22-6-4-16/h1-2,7-8,18H,3-6,9H2,(H,15,19)/b14-8-. The molecule has 9 heteroatoms. The van der Waals surface area contributed by atoms with Crippen LogP contribution in [0, 0.1) is 10.1 Å². The zero-order valence-electron chi connectivity index (χ0n) is 11.8. The predicted molar refractivity (Wildman–Crippen MR) is 77.8 cm³/mol. The number of benzene rings is 1. The van der Waals surface area contributed by atoms with Crippen LogP contribution < -0.4 is 5.43 Å². The van der Waals surface area contributed by atoms with Crippen LogP contribution in [0.3, 0.4) is 0 Å². The van der Waals surface area contributed by atoms with Gasteiger partial charge in [-0.1, -0.05) is 0 Å². The molecule has 22 heavy (non-hydrogen) atoms. The molecule has 1 aliphatic heterocycles. The third kappa shape index (κ3) is 4.50. The lowest BCUT2D eigenvalue weighted by atomic mass is 10.2. The van der Waals surface area contributed by atoms with E-state index in [9.17, 15) is 20.0 Å². The molecule has 1 amide bonds. The van der Waals surface area contributed by atoms with Crippen molar-refractivity contribution in [3.63, 3.8) is 0 Å². The largest absolute Gasteiger partial charge is 0.507 e. The summed E-state index contributed by atoms with van der Waals surface area (Å²) in [6, 6.07) is 3.56. The summed E-state index contributed by atoms with van der Waals surface area (Å²) in [6.07, 6.45) is 1.17. The normalized spacial score (nSPS) is 15.8. The summed E-state index contributed by atoms with van der Waals surface area (Å²) in [6.45, 7) is 2.75. The summed E-state index contributed by atoms with van der Waals surface area (Å²) in [5, 5.41) is 24.0. The van der Waals surface area contributed by atoms with E-state index in [1.807, 2.05) is 4.90 Å². The number of hydrazone groups is 1. The van der Waals surface area contributed by atoms with E-state index in [1.54, 1.807) is 0 Å². The minimum Gasteiger partial charge on any atom is -0.507 e. The number of phenols is 1. The fraction of sp³-hybridized carbons (Fsp3) is 0.385. The van der Waals surface area contributed by atoms with Crippen molar-refractivity contribution in [3.8, 4) is 5.75 Å². The number of nitro groups is 1. The van der Waals surface area contributed by atoms with E-state index in [4.69, 9.17) is 4.74 Å². The Kier molecular flexibility index (Phi) is 5.39. The van der Waals surface area contributed by atoms with Gasteiger partial charge in [-0.25, -0.2) is 5.43 Å². The quantitative estimate of drug-likeness (QED) is 0.452. The van der Waals surface area contributed by atoms with Crippen molar-refractivity contribution in [1.82, 2.24) is 10.3 Å². The Labute approximate surface area is 126 Å². The monoisotopic (exact) mass is 308 g/mol. The van der Waals surface area contributed by atoms with Crippen LogP contribution in [-0.4, -0.2) is 59.9 Å². The SMILES string of the molecule is O=C(CN1CCOCC1)N/N=C\c1cc([N+](=O)[O-])ccc1O. The number of nitrogens with zero attached hydrogens (tertiary/aromatic N) is 3. The molecule has 0 spiro atoms. The first kappa shape index (κ1) is 15.9. The molecule has 2 rings (SSSR count). The Balaban J connectivity index is 1.90. The average molecular weight is 308 g/mol. The number of aromatic hydroxyl groups is 1. The lowest BCUT2D eigenvalue weighted by molar-refractivity contribution is -0.384. The van der Waals surface area contributed by atoms with Gasteiger partial charge in [0, 0.05) is 30.8 Å². The number of nitrogens with one attached hydrogen (secondary N) is 1. The highest BCUT2D eigenvalue weighted by Crippen LogP contribution is 2.21. The van der Waals surface area contributed by atoms with E-state index in [0.717, 1.165) is 0 Å². The van der Waals surface area contributed by atoms with Crippen LogP contribution >= 0.6 is 0 Å². The van der Waals surface area contributed by atoms with Gasteiger partial charge < -0.3 is 9.84 Å². The van der Waals surface area contributed by atoms with Gasteiger partial charge in [0.15, 0.2) is 0 Å². The maximum atomic E-state index is 11.7. The lowest BCUT2D eigenvalue weighted by Gasteiger charge is -2.25. The second kappa shape index (κ2) is 7.48. The Bertz CT molecular complexity index is 584. The first-order chi connectivity index (χ1) is 10.6. The van der Waals surface area contributed by atoms with Gasteiger partial charge in [0.25, 0.3) is 11.6 Å². The zero-order chi connectivity index (χ0) is 15.9. The third-order valence-electron chi connectivity index (χ3n) is 3.09. The Morgan fingerprint density at radius 3 is 2.91 bits per heavy atom. The van der Waals surface area contributed by atoms with Gasteiger partial charge in [0.05, 0.1) is 30.9 Å². The molecule has 0 unspecified atom stereocenters. The molecule has 0 bridgehead atoms. The number of amides is 1. The molecule has 0 saturated carbocycles. The summed E-state index contributed by atoms with van der Waals surface area (Å²) in [5.41, 5.74) is 2.31. The van der Waals surface area contributed by atoms with E-state index in [1.165, 1.54) is 24.4 Å². The van der Waals surface area contributed by atoms with Crippen molar-refractivity contribution in [2.24, 2.45) is 5.10 Å². The van der Waals surface area contributed by atoms with E-state index in [2.05, 4.69) is 10.5 Å². The van der Waals surface area contributed by atoms with Crippen molar-refractivity contribution in [2.45, 2.75) is 0 Å². The molecule has 0 aromatic heterocycles. The molecule has 118 valence electrons. The number of carbonyl (C=O) groups excluding carboxylic acids is 1. The van der Waals surface area contributed by atoms with E-state index in [0.29, 0.717) is 26.3 Å². The number of hydrogen-bond donors (Lipinski definition) is 2. The molecule has 1 fully saturated rings. The molecule has 1 saturated heterocycles. The lowest BCUT2D eigenvalue weighted by Crippen LogP contribution is -2.42. The number of non-ortho nitro benzene ring substituents is 1. The molecule has 1 aromatic carbocycles. The second-order valence-electron chi connectivity index (χ2n) is 4.68. The molecule has 0 aliphatic carbocycles. The van der Waals surface area contributed by atoms with Gasteiger partial charge in [-0.2, -0.15) is 5.10 Å². The van der Waals surface area contributed by atoms with Crippen molar-refractivity contribution in [1.29, 1.82) is 0 Å². The Morgan fingerprint density at radius 2 is 2.23 bits per heavy atom. The highest BCUT2D eigenvalue weighted by molar-refractivity contribution is 5.86. The van der Waals surface area contributed by atoms with E-state index < -0.39 is 4.92 Å². The fourth-order valence-electron chi connectivity index (χ4n) is 1.93. The Hall–Kier alpha value is -2.52. The molecule has 0 radical (unpaired) electrons. The summed E-state index contributed by atoms with van der Waals surface area (Å²) in [4.78, 5) is 23.7. The Morgan fingerprint density at radius 1 is 1.50 bits per heavy atom. The van der Waals surface area contributed by atoms with Crippen LogP contribution in [0.15, 0.2) is 23.3 Å². The minimum absolute atomic E-state index is 0.154. The van der Waals surface area contributed by atoms with Crippen molar-refractivity contribution in [2.75, 3.05) is 32.8 Å². The van der Waals surface area contributed by atoms with Crippen LogP contribution in [0.4, 0.5) is 5.69 Å². The highest BCUT2D eigenvalue weighted by Gasteiger charge is 2.13. The van der Waals surface area contributed by atoms with Gasteiger partial charge in [-0.15, -0.1) is 0 Å². The maximum Gasteiger partial charge on any atom is 0.270 e. The van der Waals surface area contributed by atoms with Crippen LogP contribution in [0.1, 0.15) is 5.56 Å². The topological polar surface area (TPSA) is 117 Å². The fourth-order valence-corrected chi connectivity index (χ4v) is 1.93. The summed E-state index contributed by atoms with van der Waals surface area (Å²) in [5.74, 6) is -0.458. The van der Waals surface area contributed by atoms with Crippen LogP contribution in [-0.2, 0) is 9.53 Å². The minimum atomic E-state index is -0.576. The molecule has 0 atom stereocenters. The average Bonchev–Trinajstić information content (AvgIpc) is 2.50. The van der Waals surface area contributed by atoms with Crippen molar-refractivity contribution < 1.29 is 19.6 Å². The van der Waals surface area contributed by atoms with Crippen LogP contribution in [0.5, 0.6) is 5.75 Å². The zero-order valence-corrected chi connectivity index (χ0v) is 11.8. The van der Waals surface area contributed by atoms with E-state index in [-0.39, 0.29) is 29.5 Å². The summed E-state index contributed by atoms with van der Waals surface area (Å²) < 4.78 is 5.18. The highest BCUT2D eigenvalue weighted by atomic mass is 16.6. The molecular weight excluding hydrogens is 292 g/mol. The van der Waals surface area contributed by atoms with E-state index >= 15 is 0 Å². The molecule has 2 N–H and O–H groups in total. The number of carbonyl (C=O) groups is 1. The van der Waals surface area contributed by atoms with Gasteiger partial charge in [-0.05, 0) is 6.07 Å². The third-order valence-corrected chi connectivity index (χ3v) is 3.09. The van der Waals surface area contributed by atoms with Crippen molar-refractivity contribution in [3.05, 3.63) is 33.9 Å². The predicted octanol–water partition coefficient (Wildman–Crippen LogP) is 0.0827. The molecule has 1 heterocycles. The first-order valence-electron chi connectivity index (χ1n) is 6.65. The number of morpholine rings is 1. The number of ether oxygens (including phenoxy) is 1. The maximum absolute atomic E-state index is 11.7. The van der Waals surface area contributed by atoms with Gasteiger partial charge in [0.1, 0.15) is 5.75 Å². The van der Waals surface area contributed by atoms with Gasteiger partial charge >= 0.3 is 0 Å². The molecule has 1 aliphatic rings. The molecule has 9 nitrogen and oxygen atoms in total. The summed E-state index contributed by atoms with van der Waals surface area (Å²) in [7, 11) is 0. The second-order valence-corrected chi connectivity index (χ2v) is 4.68. The number of hydrogen-bond acceptors (Lipinski definition) is 7. The van der Waals surface area contributed by atoms with Gasteiger partial charge in [0.2, 0.25) is 0 Å². The van der Waals surface area contributed by atoms with Crippen molar-refractivity contribution >= 4 is 17.8 Å². The molecular formula is C13H16N4O5. The van der Waals surface area contributed by atoms with Crippen LogP contribution in [0.2, 0.25) is 0 Å².